The van der Waals surface area contributed by atoms with Crippen molar-refractivity contribution in [1.82, 2.24) is 5.48 Å². The number of aliphatic hydroxyl groups excluding tert-OH is 2. The van der Waals surface area contributed by atoms with Crippen LogP contribution in [0.25, 0.3) is 0 Å². The van der Waals surface area contributed by atoms with Crippen molar-refractivity contribution in [3.63, 3.8) is 0 Å². The number of allylic oxidation sites excluding steroid dienone is 3. The molecule has 0 heterocycles. The number of amides is 1. The number of carbonyl (C=O) groups excluding carboxylic acids is 1. The maximum absolute atomic E-state index is 12.1. The maximum Gasteiger partial charge on any atom is 0.248 e. The molecule has 0 saturated heterocycles. The molecule has 6 atom stereocenters. The Hall–Kier alpha value is -1.43. The molecule has 1 amide bonds. The summed E-state index contributed by atoms with van der Waals surface area (Å²) in [6, 6.07) is 0. The summed E-state index contributed by atoms with van der Waals surface area (Å²) in [6.45, 7) is 14.9. The van der Waals surface area contributed by atoms with Crippen molar-refractivity contribution in [2.45, 2.75) is 91.8 Å². The van der Waals surface area contributed by atoms with Gasteiger partial charge in [0, 0.05) is 11.8 Å². The molecule has 3 rings (SSSR count). The van der Waals surface area contributed by atoms with E-state index in [0.717, 1.165) is 17.6 Å². The Balaban J connectivity index is 1.67. The number of nitrogens with one attached hydrogen (secondary N) is 1. The van der Waals surface area contributed by atoms with Gasteiger partial charge in [-0.3, -0.25) is 9.63 Å². The molecular weight excluding hydrogens is 402 g/mol. The highest BCUT2D eigenvalue weighted by Gasteiger charge is 2.50. The molecule has 32 heavy (non-hydrogen) atoms. The van der Waals surface area contributed by atoms with Gasteiger partial charge in [-0.1, -0.05) is 58.9 Å². The van der Waals surface area contributed by atoms with Gasteiger partial charge in [-0.25, -0.2) is 5.48 Å². The summed E-state index contributed by atoms with van der Waals surface area (Å²) in [6.07, 6.45) is 10.0. The Labute approximate surface area is 194 Å². The fourth-order valence-electron chi connectivity index (χ4n) is 6.19. The Bertz CT molecular complexity index is 777. The first-order chi connectivity index (χ1) is 14.9. The number of rotatable bonds is 5. The van der Waals surface area contributed by atoms with Gasteiger partial charge in [0.1, 0.15) is 0 Å². The van der Waals surface area contributed by atoms with Crippen molar-refractivity contribution in [3.8, 4) is 0 Å². The zero-order valence-electron chi connectivity index (χ0n) is 20.6. The summed E-state index contributed by atoms with van der Waals surface area (Å²) in [5.41, 5.74) is 5.62. The smallest absolute Gasteiger partial charge is 0.248 e. The molecule has 3 aliphatic rings. The lowest BCUT2D eigenvalue weighted by molar-refractivity contribution is -0.143. The lowest BCUT2D eigenvalue weighted by Crippen LogP contribution is -2.39. The lowest BCUT2D eigenvalue weighted by atomic mass is 9.61. The molecule has 5 nitrogen and oxygen atoms in total. The average Bonchev–Trinajstić information content (AvgIpc) is 3.06. The van der Waals surface area contributed by atoms with Gasteiger partial charge in [-0.2, -0.15) is 0 Å². The molecule has 5 heteroatoms. The van der Waals surface area contributed by atoms with Gasteiger partial charge in [0.25, 0.3) is 0 Å². The van der Waals surface area contributed by atoms with Crippen LogP contribution in [0.3, 0.4) is 0 Å². The van der Waals surface area contributed by atoms with Gasteiger partial charge in [0.2, 0.25) is 5.91 Å². The van der Waals surface area contributed by atoms with E-state index in [1.165, 1.54) is 31.3 Å². The van der Waals surface area contributed by atoms with Gasteiger partial charge >= 0.3 is 0 Å². The normalized spacial score (nSPS) is 36.9. The second-order valence-electron chi connectivity index (χ2n) is 11.6. The van der Waals surface area contributed by atoms with E-state index in [0.29, 0.717) is 37.2 Å². The van der Waals surface area contributed by atoms with Gasteiger partial charge in [-0.05, 0) is 72.8 Å². The monoisotopic (exact) mass is 445 g/mol. The first-order valence-corrected chi connectivity index (χ1v) is 12.3. The third-order valence-corrected chi connectivity index (χ3v) is 8.18. The molecule has 3 fully saturated rings. The third-order valence-electron chi connectivity index (χ3n) is 8.18. The number of aliphatic hydroxyl groups is 2. The standard InChI is InChI=1S/C27H43NO4/c1-17(16-32-28-25(31)26(3,4)5)22-11-12-23-19(8-7-13-27(22,23)6)9-10-20-14-21(29)15-24(30)18(20)2/h9-10,17,21-24,29-30H,2,7-8,11-16H2,1,3-6H3,(H,28,31)/b19-9+,20-10-/t17-,21-,22-,23+,24+,27-/m1/s1. The maximum atomic E-state index is 12.1. The number of carbonyl (C=O) groups is 1. The van der Waals surface area contributed by atoms with Crippen molar-refractivity contribution in [2.24, 2.45) is 28.6 Å². The summed E-state index contributed by atoms with van der Waals surface area (Å²) in [7, 11) is 0. The SMILES string of the molecule is C=C1/C(=C\C=C2/CCC[C@]3(C)[C@@H]([C@H](C)CONC(=O)C(C)(C)C)CC[C@@H]23)C[C@@H](O)C[C@@H]1O. The van der Waals surface area contributed by atoms with Gasteiger partial charge in [0.15, 0.2) is 0 Å². The van der Waals surface area contributed by atoms with Crippen LogP contribution in [-0.2, 0) is 9.63 Å². The number of hydrogen-bond donors (Lipinski definition) is 3. The molecule has 0 bridgehead atoms. The van der Waals surface area contributed by atoms with Crippen LogP contribution in [0.1, 0.15) is 79.6 Å². The van der Waals surface area contributed by atoms with E-state index >= 15 is 0 Å². The Morgan fingerprint density at radius 2 is 2.03 bits per heavy atom. The summed E-state index contributed by atoms with van der Waals surface area (Å²) in [5, 5.41) is 20.2. The predicted molar refractivity (Wildman–Crippen MR) is 127 cm³/mol. The van der Waals surface area contributed by atoms with E-state index in [-0.39, 0.29) is 11.3 Å². The first-order valence-electron chi connectivity index (χ1n) is 12.3. The molecule has 3 N–H and O–H groups in total. The van der Waals surface area contributed by atoms with Crippen LogP contribution in [0.5, 0.6) is 0 Å². The Morgan fingerprint density at radius 1 is 1.31 bits per heavy atom. The van der Waals surface area contributed by atoms with E-state index in [9.17, 15) is 15.0 Å². The van der Waals surface area contributed by atoms with E-state index in [1.807, 2.05) is 20.8 Å². The fraction of sp³-hybridized carbons (Fsp3) is 0.741. The van der Waals surface area contributed by atoms with E-state index in [4.69, 9.17) is 4.84 Å². The Kier molecular flexibility index (Phi) is 7.73. The van der Waals surface area contributed by atoms with Gasteiger partial charge < -0.3 is 10.2 Å². The second-order valence-corrected chi connectivity index (χ2v) is 11.6. The van der Waals surface area contributed by atoms with E-state index in [2.05, 4.69) is 38.1 Å². The van der Waals surface area contributed by atoms with Crippen LogP contribution in [0.15, 0.2) is 35.5 Å². The minimum absolute atomic E-state index is 0.0873. The lowest BCUT2D eigenvalue weighted by Gasteiger charge is -2.44. The molecule has 0 radical (unpaired) electrons. The highest BCUT2D eigenvalue weighted by Crippen LogP contribution is 2.59. The summed E-state index contributed by atoms with van der Waals surface area (Å²) >= 11 is 0. The average molecular weight is 446 g/mol. The van der Waals surface area contributed by atoms with E-state index < -0.39 is 17.6 Å². The highest BCUT2D eigenvalue weighted by atomic mass is 16.7. The number of hydroxylamine groups is 1. The molecule has 0 aromatic rings. The van der Waals surface area contributed by atoms with Gasteiger partial charge in [-0.15, -0.1) is 0 Å². The summed E-state index contributed by atoms with van der Waals surface area (Å²) < 4.78 is 0. The van der Waals surface area contributed by atoms with Gasteiger partial charge in [0.05, 0.1) is 18.8 Å². The van der Waals surface area contributed by atoms with Crippen LogP contribution < -0.4 is 5.48 Å². The van der Waals surface area contributed by atoms with E-state index in [1.54, 1.807) is 0 Å². The quantitative estimate of drug-likeness (QED) is 0.528. The molecule has 0 aromatic heterocycles. The zero-order chi connectivity index (χ0) is 23.7. The highest BCUT2D eigenvalue weighted by molar-refractivity contribution is 5.80. The molecule has 180 valence electrons. The zero-order valence-corrected chi connectivity index (χ0v) is 20.6. The van der Waals surface area contributed by atoms with Crippen LogP contribution in [0.2, 0.25) is 0 Å². The molecule has 0 spiro atoms. The minimum Gasteiger partial charge on any atom is -0.393 e. The first kappa shape index (κ1) is 25.2. The topological polar surface area (TPSA) is 78.8 Å². The van der Waals surface area contributed by atoms with Crippen molar-refractivity contribution >= 4 is 5.91 Å². The molecule has 3 aliphatic carbocycles. The van der Waals surface area contributed by atoms with Crippen LogP contribution >= 0.6 is 0 Å². The molecule has 3 saturated carbocycles. The van der Waals surface area contributed by atoms with Crippen molar-refractivity contribution < 1.29 is 19.8 Å². The molecular formula is C27H43NO4. The predicted octanol–water partition coefficient (Wildman–Crippen LogP) is 4.86. The number of hydrogen-bond acceptors (Lipinski definition) is 4. The largest absolute Gasteiger partial charge is 0.393 e. The molecule has 0 unspecified atom stereocenters. The van der Waals surface area contributed by atoms with Crippen LogP contribution in [0, 0.1) is 28.6 Å². The second kappa shape index (κ2) is 9.82. The Morgan fingerprint density at radius 3 is 2.72 bits per heavy atom. The van der Waals surface area contributed by atoms with Crippen LogP contribution in [0.4, 0.5) is 0 Å². The molecule has 0 aliphatic heterocycles. The molecule has 0 aromatic carbocycles. The minimum atomic E-state index is -0.643. The van der Waals surface area contributed by atoms with Crippen molar-refractivity contribution in [1.29, 1.82) is 0 Å². The number of fused-ring (bicyclic) bond motifs is 1. The summed E-state index contributed by atoms with van der Waals surface area (Å²) in [5.74, 6) is 1.39. The summed E-state index contributed by atoms with van der Waals surface area (Å²) in [4.78, 5) is 17.7. The van der Waals surface area contributed by atoms with Crippen LogP contribution in [-0.4, -0.2) is 34.9 Å². The fourth-order valence-corrected chi connectivity index (χ4v) is 6.19. The van der Waals surface area contributed by atoms with Crippen molar-refractivity contribution in [2.75, 3.05) is 6.61 Å². The third kappa shape index (κ3) is 5.37. The van der Waals surface area contributed by atoms with Crippen molar-refractivity contribution in [3.05, 3.63) is 35.5 Å².